The number of hydrogen-bond acceptors (Lipinski definition) is 5. The lowest BCUT2D eigenvalue weighted by Crippen LogP contribution is -2.41. The summed E-state index contributed by atoms with van der Waals surface area (Å²) in [4.78, 5) is 29.0. The van der Waals surface area contributed by atoms with Gasteiger partial charge in [-0.3, -0.25) is 9.79 Å². The van der Waals surface area contributed by atoms with Crippen molar-refractivity contribution in [3.8, 4) is 0 Å². The summed E-state index contributed by atoms with van der Waals surface area (Å²) < 4.78 is 5.34. The second-order valence-electron chi connectivity index (χ2n) is 6.85. The molecule has 0 bridgehead atoms. The molecule has 5 nitrogen and oxygen atoms in total. The van der Waals surface area contributed by atoms with Gasteiger partial charge in [-0.25, -0.2) is 4.79 Å². The smallest absolute Gasteiger partial charge is 0.408 e. The van der Waals surface area contributed by atoms with Gasteiger partial charge in [0.15, 0.2) is 0 Å². The number of rotatable bonds is 6. The molecule has 1 heterocycles. The Bertz CT molecular complexity index is 835. The Labute approximate surface area is 163 Å². The van der Waals surface area contributed by atoms with Gasteiger partial charge in [-0.2, -0.15) is 0 Å². The van der Waals surface area contributed by atoms with Crippen LogP contribution in [0.2, 0.25) is 0 Å². The van der Waals surface area contributed by atoms with Gasteiger partial charge in [0.2, 0.25) is 5.12 Å². The molecule has 0 saturated carbocycles. The lowest BCUT2D eigenvalue weighted by atomic mass is 10.1. The summed E-state index contributed by atoms with van der Waals surface area (Å²) >= 11 is 1.10. The predicted molar refractivity (Wildman–Crippen MR) is 108 cm³/mol. The zero-order chi connectivity index (χ0) is 19.3. The molecule has 0 radical (unpaired) electrons. The summed E-state index contributed by atoms with van der Waals surface area (Å²) in [7, 11) is 0. The van der Waals surface area contributed by atoms with Gasteiger partial charge in [0.1, 0.15) is 12.1 Å². The number of amides is 1. The third-order valence-electron chi connectivity index (χ3n) is 4.17. The van der Waals surface area contributed by atoms with E-state index in [4.69, 9.17) is 4.74 Å². The van der Waals surface area contributed by atoms with E-state index in [1.54, 1.807) is 13.8 Å². The second kappa shape index (κ2) is 8.39. The molecule has 1 aliphatic heterocycles. The molecule has 0 saturated heterocycles. The number of hydrogen-bond donors (Lipinski definition) is 1. The molecular weight excluding hydrogens is 360 g/mol. The topological polar surface area (TPSA) is 67.8 Å². The van der Waals surface area contributed by atoms with Crippen LogP contribution in [0.3, 0.4) is 0 Å². The van der Waals surface area contributed by atoms with Crippen LogP contribution in [0.15, 0.2) is 65.7 Å². The largest absolute Gasteiger partial charge is 0.445 e. The number of benzene rings is 2. The van der Waals surface area contributed by atoms with Crippen LogP contribution < -0.4 is 5.32 Å². The Morgan fingerprint density at radius 1 is 1.07 bits per heavy atom. The monoisotopic (exact) mass is 382 g/mol. The van der Waals surface area contributed by atoms with Crippen molar-refractivity contribution in [1.29, 1.82) is 0 Å². The molecule has 0 aliphatic carbocycles. The fourth-order valence-corrected chi connectivity index (χ4v) is 3.71. The molecule has 0 aromatic heterocycles. The normalized spacial score (nSPS) is 16.5. The third kappa shape index (κ3) is 5.20. The Kier molecular flexibility index (Phi) is 5.96. The number of thioether (sulfide) groups is 1. The molecule has 140 valence electrons. The SMILES string of the molecule is CC1(C)N=C([C@H](Cc2ccccc2)NC(=O)OCc2ccccc2)SC1=O. The van der Waals surface area contributed by atoms with Crippen molar-refractivity contribution < 1.29 is 14.3 Å². The van der Waals surface area contributed by atoms with E-state index in [9.17, 15) is 9.59 Å². The van der Waals surface area contributed by atoms with Crippen molar-refractivity contribution in [1.82, 2.24) is 5.32 Å². The van der Waals surface area contributed by atoms with Gasteiger partial charge >= 0.3 is 6.09 Å². The van der Waals surface area contributed by atoms with Crippen LogP contribution >= 0.6 is 11.8 Å². The molecule has 3 rings (SSSR count). The minimum absolute atomic E-state index is 0.0185. The quantitative estimate of drug-likeness (QED) is 0.821. The molecule has 27 heavy (non-hydrogen) atoms. The number of alkyl carbamates (subject to hydrolysis) is 1. The van der Waals surface area contributed by atoms with Gasteiger partial charge < -0.3 is 10.1 Å². The van der Waals surface area contributed by atoms with Crippen molar-refractivity contribution in [3.05, 3.63) is 71.8 Å². The van der Waals surface area contributed by atoms with Gasteiger partial charge in [-0.05, 0) is 43.2 Å². The van der Waals surface area contributed by atoms with E-state index in [-0.39, 0.29) is 11.7 Å². The van der Waals surface area contributed by atoms with Crippen molar-refractivity contribution >= 4 is 28.0 Å². The zero-order valence-corrected chi connectivity index (χ0v) is 16.2. The maximum absolute atomic E-state index is 12.3. The van der Waals surface area contributed by atoms with Gasteiger partial charge in [0.05, 0.1) is 11.1 Å². The first-order chi connectivity index (χ1) is 12.9. The van der Waals surface area contributed by atoms with Crippen molar-refractivity contribution in [2.75, 3.05) is 0 Å². The summed E-state index contributed by atoms with van der Waals surface area (Å²) in [5.41, 5.74) is 1.19. The average molecular weight is 382 g/mol. The number of ether oxygens (including phenoxy) is 1. The zero-order valence-electron chi connectivity index (χ0n) is 15.3. The summed E-state index contributed by atoms with van der Waals surface area (Å²) in [6.07, 6.45) is 0.0106. The van der Waals surface area contributed by atoms with Crippen LogP contribution in [0, 0.1) is 0 Å². The molecule has 1 amide bonds. The van der Waals surface area contributed by atoms with E-state index in [1.807, 2.05) is 60.7 Å². The van der Waals surface area contributed by atoms with Gasteiger partial charge in [-0.1, -0.05) is 60.7 Å². The first-order valence-corrected chi connectivity index (χ1v) is 9.59. The summed E-state index contributed by atoms with van der Waals surface area (Å²) in [6, 6.07) is 18.9. The summed E-state index contributed by atoms with van der Waals surface area (Å²) in [5, 5.41) is 3.47. The molecule has 1 atom stereocenters. The minimum Gasteiger partial charge on any atom is -0.445 e. The third-order valence-corrected chi connectivity index (χ3v) is 5.44. The van der Waals surface area contributed by atoms with Crippen LogP contribution in [-0.2, 0) is 22.6 Å². The number of nitrogens with zero attached hydrogens (tertiary/aromatic N) is 1. The molecule has 6 heteroatoms. The van der Waals surface area contributed by atoms with E-state index < -0.39 is 17.7 Å². The van der Waals surface area contributed by atoms with Crippen molar-refractivity contribution in [2.24, 2.45) is 4.99 Å². The Morgan fingerprint density at radius 2 is 1.67 bits per heavy atom. The van der Waals surface area contributed by atoms with Crippen LogP contribution in [0.4, 0.5) is 4.79 Å². The molecule has 2 aromatic rings. The van der Waals surface area contributed by atoms with Crippen LogP contribution in [-0.4, -0.2) is 27.8 Å². The van der Waals surface area contributed by atoms with Crippen molar-refractivity contribution in [3.63, 3.8) is 0 Å². The maximum atomic E-state index is 12.3. The number of aliphatic imine (C=N–C) groups is 1. The summed E-state index contributed by atoms with van der Waals surface area (Å²) in [5.74, 6) is 0. The van der Waals surface area contributed by atoms with E-state index in [0.717, 1.165) is 22.9 Å². The lowest BCUT2D eigenvalue weighted by Gasteiger charge is -2.18. The molecule has 1 aliphatic rings. The van der Waals surface area contributed by atoms with Crippen LogP contribution in [0.1, 0.15) is 25.0 Å². The number of carbonyl (C=O) groups excluding carboxylic acids is 2. The van der Waals surface area contributed by atoms with E-state index >= 15 is 0 Å². The molecule has 2 aromatic carbocycles. The van der Waals surface area contributed by atoms with Gasteiger partial charge in [-0.15, -0.1) is 0 Å². The maximum Gasteiger partial charge on any atom is 0.408 e. The van der Waals surface area contributed by atoms with Crippen molar-refractivity contribution in [2.45, 2.75) is 38.5 Å². The Morgan fingerprint density at radius 3 is 2.22 bits per heavy atom. The fraction of sp³-hybridized carbons (Fsp3) is 0.286. The minimum atomic E-state index is -0.773. The van der Waals surface area contributed by atoms with Gasteiger partial charge in [0, 0.05) is 0 Å². The average Bonchev–Trinajstić information content (AvgIpc) is 2.94. The Hall–Kier alpha value is -2.60. The lowest BCUT2D eigenvalue weighted by molar-refractivity contribution is -0.114. The Balaban J connectivity index is 1.70. The highest BCUT2D eigenvalue weighted by atomic mass is 32.2. The number of nitrogens with one attached hydrogen (secondary N) is 1. The van der Waals surface area contributed by atoms with Crippen LogP contribution in [0.5, 0.6) is 0 Å². The highest BCUT2D eigenvalue weighted by Crippen LogP contribution is 2.31. The first kappa shape index (κ1) is 19.2. The highest BCUT2D eigenvalue weighted by molar-refractivity contribution is 8.27. The van der Waals surface area contributed by atoms with E-state index in [1.165, 1.54) is 0 Å². The molecule has 0 unspecified atom stereocenters. The summed E-state index contributed by atoms with van der Waals surface area (Å²) in [6.45, 7) is 3.75. The predicted octanol–water partition coefficient (Wildman–Crippen LogP) is 3.97. The second-order valence-corrected chi connectivity index (χ2v) is 7.84. The standard InChI is InChI=1S/C21H22N2O3S/c1-21(2)19(24)27-18(23-21)17(13-15-9-5-3-6-10-15)22-20(25)26-14-16-11-7-4-8-12-16/h3-12,17H,13-14H2,1-2H3,(H,22,25)/t17-/m0/s1. The fourth-order valence-electron chi connectivity index (χ4n) is 2.67. The van der Waals surface area contributed by atoms with E-state index in [2.05, 4.69) is 10.3 Å². The van der Waals surface area contributed by atoms with Gasteiger partial charge in [0.25, 0.3) is 0 Å². The van der Waals surface area contributed by atoms with E-state index in [0.29, 0.717) is 11.5 Å². The molecular formula is C21H22N2O3S. The first-order valence-electron chi connectivity index (χ1n) is 8.77. The molecule has 1 N–H and O–H groups in total. The molecule has 0 spiro atoms. The molecule has 0 fully saturated rings. The highest BCUT2D eigenvalue weighted by Gasteiger charge is 2.38. The number of carbonyl (C=O) groups is 2. The van der Waals surface area contributed by atoms with Crippen LogP contribution in [0.25, 0.3) is 0 Å².